The van der Waals surface area contributed by atoms with Gasteiger partial charge in [-0.1, -0.05) is 66.0 Å². The Morgan fingerprint density at radius 3 is 2.46 bits per heavy atom. The lowest BCUT2D eigenvalue weighted by Crippen LogP contribution is -2.31. The summed E-state index contributed by atoms with van der Waals surface area (Å²) in [6, 6.07) is 16.3. The molecule has 1 aliphatic heterocycles. The summed E-state index contributed by atoms with van der Waals surface area (Å²) in [4.78, 5) is 14.8. The normalized spacial score (nSPS) is 14.4. The number of rotatable bonds is 7. The average molecular weight is 548 g/mol. The Balaban J connectivity index is 1.60. The number of thiocarbonyl (C=S) groups is 1. The minimum absolute atomic E-state index is 0.160. The van der Waals surface area contributed by atoms with Crippen LogP contribution >= 0.6 is 47.0 Å². The van der Waals surface area contributed by atoms with Crippen molar-refractivity contribution in [3.63, 3.8) is 0 Å². The number of hydrogen-bond acceptors (Lipinski definition) is 4. The van der Waals surface area contributed by atoms with Crippen molar-refractivity contribution in [3.8, 4) is 11.5 Å². The molecule has 0 atom stereocenters. The quantitative estimate of drug-likeness (QED) is 0.195. The second kappa shape index (κ2) is 10.9. The molecule has 1 saturated heterocycles. The molecule has 0 unspecified atom stereocenters. The van der Waals surface area contributed by atoms with Crippen molar-refractivity contribution < 1.29 is 14.3 Å². The summed E-state index contributed by atoms with van der Waals surface area (Å²) in [6.45, 7) is 2.20. The van der Waals surface area contributed by atoms with Crippen LogP contribution < -0.4 is 19.7 Å². The highest BCUT2D eigenvalue weighted by Gasteiger charge is 2.33. The minimum Gasteiger partial charge on any atom is -0.496 e. The van der Waals surface area contributed by atoms with Gasteiger partial charge in [-0.15, -0.1) is 0 Å². The molecule has 0 saturated carbocycles. The van der Waals surface area contributed by atoms with Crippen LogP contribution in [-0.4, -0.2) is 18.1 Å². The topological polar surface area (TPSA) is 50.8 Å². The van der Waals surface area contributed by atoms with Crippen molar-refractivity contribution in [2.75, 3.05) is 12.0 Å². The van der Waals surface area contributed by atoms with E-state index in [0.29, 0.717) is 37.4 Å². The van der Waals surface area contributed by atoms with Crippen LogP contribution in [0.4, 0.5) is 5.69 Å². The molecule has 1 heterocycles. The molecular formula is C26H21Cl3N2O3S. The maximum absolute atomic E-state index is 13.2. The Hall–Kier alpha value is -2.77. The van der Waals surface area contributed by atoms with E-state index in [1.54, 1.807) is 19.3 Å². The third-order valence-electron chi connectivity index (χ3n) is 5.47. The number of nitrogens with zero attached hydrogens (tertiary/aromatic N) is 1. The Kier molecular flexibility index (Phi) is 7.87. The number of carbonyl (C=O) groups is 1. The molecule has 3 aromatic rings. The van der Waals surface area contributed by atoms with E-state index in [-0.39, 0.29) is 12.5 Å². The molecule has 180 valence electrons. The van der Waals surface area contributed by atoms with Crippen LogP contribution in [0, 0.1) is 0 Å². The Bertz CT molecular complexity index is 1340. The van der Waals surface area contributed by atoms with Crippen molar-refractivity contribution in [2.24, 2.45) is 0 Å². The molecule has 0 aromatic heterocycles. The van der Waals surface area contributed by atoms with Gasteiger partial charge in [0.25, 0.3) is 5.91 Å². The lowest BCUT2D eigenvalue weighted by Gasteiger charge is -2.17. The molecule has 0 bridgehead atoms. The lowest BCUT2D eigenvalue weighted by atomic mass is 10.1. The molecule has 3 aromatic carbocycles. The number of amides is 1. The van der Waals surface area contributed by atoms with Gasteiger partial charge in [0.2, 0.25) is 0 Å². The molecule has 1 fully saturated rings. The number of nitrogens with one attached hydrogen (secondary N) is 1. The molecular weight excluding hydrogens is 527 g/mol. The Morgan fingerprint density at radius 1 is 0.971 bits per heavy atom. The molecule has 0 spiro atoms. The van der Waals surface area contributed by atoms with Crippen molar-refractivity contribution in [3.05, 3.63) is 92.1 Å². The van der Waals surface area contributed by atoms with Gasteiger partial charge in [-0.3, -0.25) is 9.69 Å². The van der Waals surface area contributed by atoms with E-state index < -0.39 is 0 Å². The molecule has 35 heavy (non-hydrogen) atoms. The number of ether oxygens (including phenoxy) is 2. The van der Waals surface area contributed by atoms with Crippen molar-refractivity contribution in [2.45, 2.75) is 20.0 Å². The first-order valence-corrected chi connectivity index (χ1v) is 12.3. The van der Waals surface area contributed by atoms with Gasteiger partial charge in [-0.05, 0) is 60.1 Å². The summed E-state index contributed by atoms with van der Waals surface area (Å²) in [5, 5.41) is 4.41. The van der Waals surface area contributed by atoms with Gasteiger partial charge in [-0.2, -0.15) is 0 Å². The molecule has 1 N–H and O–H groups in total. The molecule has 0 radical (unpaired) electrons. The largest absolute Gasteiger partial charge is 0.496 e. The second-order valence-corrected chi connectivity index (χ2v) is 9.28. The summed E-state index contributed by atoms with van der Waals surface area (Å²) < 4.78 is 11.4. The first kappa shape index (κ1) is 25.3. The van der Waals surface area contributed by atoms with Crippen LogP contribution in [0.15, 0.2) is 60.3 Å². The van der Waals surface area contributed by atoms with Crippen LogP contribution in [0.3, 0.4) is 0 Å². The van der Waals surface area contributed by atoms with Gasteiger partial charge in [0.05, 0.1) is 27.9 Å². The van der Waals surface area contributed by atoms with E-state index in [4.69, 9.17) is 56.5 Å². The van der Waals surface area contributed by atoms with Crippen molar-refractivity contribution in [1.29, 1.82) is 0 Å². The zero-order valence-corrected chi connectivity index (χ0v) is 22.0. The number of methoxy groups -OCH3 is 1. The third-order valence-corrected chi connectivity index (χ3v) is 6.77. The maximum atomic E-state index is 13.2. The zero-order valence-electron chi connectivity index (χ0n) is 18.9. The molecule has 1 amide bonds. The van der Waals surface area contributed by atoms with E-state index in [2.05, 4.69) is 5.32 Å². The number of para-hydroxylation sites is 1. The van der Waals surface area contributed by atoms with Crippen LogP contribution in [0.2, 0.25) is 15.1 Å². The number of anilines is 1. The predicted molar refractivity (Wildman–Crippen MR) is 146 cm³/mol. The van der Waals surface area contributed by atoms with E-state index >= 15 is 0 Å². The second-order valence-electron chi connectivity index (χ2n) is 7.67. The Labute approximate surface area is 224 Å². The Morgan fingerprint density at radius 2 is 1.71 bits per heavy atom. The fourth-order valence-corrected chi connectivity index (χ4v) is 4.60. The van der Waals surface area contributed by atoms with Crippen LogP contribution in [0.25, 0.3) is 6.08 Å². The van der Waals surface area contributed by atoms with Crippen LogP contribution in [0.1, 0.15) is 23.6 Å². The summed E-state index contributed by atoms with van der Waals surface area (Å²) in [6.07, 6.45) is 2.53. The van der Waals surface area contributed by atoms with Gasteiger partial charge in [0.15, 0.2) is 5.11 Å². The fraction of sp³-hybridized carbons (Fsp3) is 0.154. The van der Waals surface area contributed by atoms with E-state index in [0.717, 1.165) is 28.8 Å². The molecule has 0 aliphatic carbocycles. The number of carbonyl (C=O) groups excluding carboxylic acids is 1. The SMILES string of the molecule is CCc1ccccc1N1C(=O)/C(=C\c2ccc(OC)c(COc3cc(Cl)c(Cl)cc3Cl)c2)NC1=S. The maximum Gasteiger partial charge on any atom is 0.281 e. The highest BCUT2D eigenvalue weighted by Crippen LogP contribution is 2.35. The van der Waals surface area contributed by atoms with Crippen molar-refractivity contribution in [1.82, 2.24) is 5.32 Å². The molecule has 5 nitrogen and oxygen atoms in total. The third kappa shape index (κ3) is 5.41. The smallest absolute Gasteiger partial charge is 0.281 e. The van der Waals surface area contributed by atoms with Crippen LogP contribution in [0.5, 0.6) is 11.5 Å². The summed E-state index contributed by atoms with van der Waals surface area (Å²) >= 11 is 23.8. The number of halogens is 3. The monoisotopic (exact) mass is 546 g/mol. The van der Waals surface area contributed by atoms with Crippen molar-refractivity contribution >= 4 is 69.8 Å². The molecule has 9 heteroatoms. The summed E-state index contributed by atoms with van der Waals surface area (Å²) in [7, 11) is 1.58. The van der Waals surface area contributed by atoms with Gasteiger partial charge in [-0.25, -0.2) is 0 Å². The number of hydrogen-bond donors (Lipinski definition) is 1. The van der Waals surface area contributed by atoms with Gasteiger partial charge in [0, 0.05) is 11.6 Å². The van der Waals surface area contributed by atoms with Gasteiger partial charge >= 0.3 is 0 Å². The summed E-state index contributed by atoms with van der Waals surface area (Å²) in [5.74, 6) is 0.810. The fourth-order valence-electron chi connectivity index (χ4n) is 3.72. The highest BCUT2D eigenvalue weighted by atomic mass is 35.5. The molecule has 4 rings (SSSR count). The van der Waals surface area contributed by atoms with E-state index in [1.165, 1.54) is 11.0 Å². The van der Waals surface area contributed by atoms with E-state index in [1.807, 2.05) is 49.4 Å². The standard InChI is InChI=1S/C26H21Cl3N2O3S/c1-3-16-6-4-5-7-22(16)31-25(32)21(30-26(31)35)11-15-8-9-23(33-2)17(10-15)14-34-24-13-19(28)18(27)12-20(24)29/h4-13H,3,14H2,1-2H3,(H,30,35)/b21-11+. The van der Waals surface area contributed by atoms with Gasteiger partial charge in [0.1, 0.15) is 23.8 Å². The van der Waals surface area contributed by atoms with E-state index in [9.17, 15) is 4.79 Å². The number of benzene rings is 3. The average Bonchev–Trinajstić information content (AvgIpc) is 3.12. The first-order chi connectivity index (χ1) is 16.8. The minimum atomic E-state index is -0.216. The van der Waals surface area contributed by atoms with Crippen LogP contribution in [-0.2, 0) is 17.8 Å². The zero-order chi connectivity index (χ0) is 25.1. The first-order valence-electron chi connectivity index (χ1n) is 10.7. The number of aryl methyl sites for hydroxylation is 1. The lowest BCUT2D eigenvalue weighted by molar-refractivity contribution is -0.113. The molecule has 1 aliphatic rings. The summed E-state index contributed by atoms with van der Waals surface area (Å²) in [5.41, 5.74) is 3.73. The van der Waals surface area contributed by atoms with Gasteiger partial charge < -0.3 is 14.8 Å². The highest BCUT2D eigenvalue weighted by molar-refractivity contribution is 7.80. The predicted octanol–water partition coefficient (Wildman–Crippen LogP) is 7.06.